The van der Waals surface area contributed by atoms with Crippen molar-refractivity contribution in [2.24, 2.45) is 7.05 Å². The van der Waals surface area contributed by atoms with Crippen LogP contribution in [0.3, 0.4) is 0 Å². The number of carbonyl (C=O) groups excluding carboxylic acids is 1. The smallest absolute Gasteiger partial charge is 0.270 e. The summed E-state index contributed by atoms with van der Waals surface area (Å²) in [4.78, 5) is 14.2. The van der Waals surface area contributed by atoms with E-state index in [1.807, 2.05) is 0 Å². The lowest BCUT2D eigenvalue weighted by Crippen LogP contribution is -2.38. The van der Waals surface area contributed by atoms with E-state index in [1.165, 1.54) is 26.0 Å². The number of rotatable bonds is 4. The predicted molar refractivity (Wildman–Crippen MR) is 92.6 cm³/mol. The van der Waals surface area contributed by atoms with E-state index in [9.17, 15) is 21.6 Å². The van der Waals surface area contributed by atoms with Crippen molar-refractivity contribution in [1.82, 2.24) is 13.8 Å². The van der Waals surface area contributed by atoms with Gasteiger partial charge in [0.1, 0.15) is 10.6 Å². The highest BCUT2D eigenvalue weighted by Gasteiger charge is 2.35. The molecular formula is C15H23N3O5S2. The van der Waals surface area contributed by atoms with Gasteiger partial charge >= 0.3 is 0 Å². The van der Waals surface area contributed by atoms with Crippen LogP contribution in [0.2, 0.25) is 0 Å². The third-order valence-corrected chi connectivity index (χ3v) is 8.59. The minimum atomic E-state index is -3.59. The van der Waals surface area contributed by atoms with Crippen LogP contribution in [0.4, 0.5) is 0 Å². The van der Waals surface area contributed by atoms with Crippen LogP contribution in [-0.2, 0) is 26.9 Å². The van der Waals surface area contributed by atoms with Gasteiger partial charge in [-0.25, -0.2) is 16.8 Å². The van der Waals surface area contributed by atoms with Gasteiger partial charge in [0.25, 0.3) is 5.91 Å². The Morgan fingerprint density at radius 1 is 1.28 bits per heavy atom. The lowest BCUT2D eigenvalue weighted by Gasteiger charge is -2.23. The molecule has 2 aliphatic heterocycles. The van der Waals surface area contributed by atoms with Gasteiger partial charge < -0.3 is 9.47 Å². The quantitative estimate of drug-likeness (QED) is 0.726. The van der Waals surface area contributed by atoms with Gasteiger partial charge in [-0.1, -0.05) is 0 Å². The SMILES string of the molecule is CN(C(=O)c1cc(S(=O)(=O)N2CCCC2)cn1C)[C@H]1CCS(=O)(=O)C1. The second-order valence-electron chi connectivity index (χ2n) is 6.76. The van der Waals surface area contributed by atoms with Crippen molar-refractivity contribution in [3.05, 3.63) is 18.0 Å². The first-order valence-corrected chi connectivity index (χ1v) is 11.5. The Labute approximate surface area is 148 Å². The number of sulfonamides is 1. The fraction of sp³-hybridized carbons (Fsp3) is 0.667. The summed E-state index contributed by atoms with van der Waals surface area (Å²) >= 11 is 0. The number of aryl methyl sites for hydroxylation is 1. The molecule has 0 aromatic carbocycles. The highest BCUT2D eigenvalue weighted by Crippen LogP contribution is 2.24. The van der Waals surface area contributed by atoms with E-state index in [1.54, 1.807) is 14.1 Å². The maximum absolute atomic E-state index is 12.7. The molecule has 3 heterocycles. The van der Waals surface area contributed by atoms with E-state index < -0.39 is 19.9 Å². The minimum Gasteiger partial charge on any atom is -0.345 e. The number of sulfone groups is 1. The van der Waals surface area contributed by atoms with Crippen molar-refractivity contribution in [3.63, 3.8) is 0 Å². The largest absolute Gasteiger partial charge is 0.345 e. The molecule has 2 aliphatic rings. The van der Waals surface area contributed by atoms with Gasteiger partial charge in [-0.15, -0.1) is 0 Å². The van der Waals surface area contributed by atoms with Crippen LogP contribution >= 0.6 is 0 Å². The predicted octanol–water partition coefficient (Wildman–Crippen LogP) is 0.0687. The van der Waals surface area contributed by atoms with Crippen molar-refractivity contribution in [1.29, 1.82) is 0 Å². The molecule has 25 heavy (non-hydrogen) atoms. The summed E-state index contributed by atoms with van der Waals surface area (Å²) in [7, 11) is -3.50. The van der Waals surface area contributed by atoms with Gasteiger partial charge in [0, 0.05) is 39.4 Å². The van der Waals surface area contributed by atoms with Crippen molar-refractivity contribution < 1.29 is 21.6 Å². The fourth-order valence-corrected chi connectivity index (χ4v) is 6.76. The molecule has 1 atom stereocenters. The summed E-state index contributed by atoms with van der Waals surface area (Å²) in [5, 5.41) is 0. The minimum absolute atomic E-state index is 0.0431. The molecule has 0 spiro atoms. The summed E-state index contributed by atoms with van der Waals surface area (Å²) in [6, 6.07) is 1.02. The molecule has 2 fully saturated rings. The van der Waals surface area contributed by atoms with E-state index in [-0.39, 0.29) is 34.0 Å². The first-order chi connectivity index (χ1) is 11.6. The zero-order valence-corrected chi connectivity index (χ0v) is 16.0. The Morgan fingerprint density at radius 2 is 1.92 bits per heavy atom. The van der Waals surface area contributed by atoms with Gasteiger partial charge in [0.2, 0.25) is 10.0 Å². The Balaban J connectivity index is 1.83. The average molecular weight is 389 g/mol. The number of aromatic nitrogens is 1. The van der Waals surface area contributed by atoms with Crippen LogP contribution in [0, 0.1) is 0 Å². The van der Waals surface area contributed by atoms with Crippen LogP contribution in [0.1, 0.15) is 29.8 Å². The van der Waals surface area contributed by atoms with Crippen LogP contribution in [-0.4, -0.2) is 74.2 Å². The maximum atomic E-state index is 12.7. The summed E-state index contributed by atoms with van der Waals surface area (Å²) in [6.45, 7) is 1.00. The van der Waals surface area contributed by atoms with Crippen LogP contribution < -0.4 is 0 Å². The van der Waals surface area contributed by atoms with E-state index in [0.29, 0.717) is 19.5 Å². The van der Waals surface area contributed by atoms with Gasteiger partial charge in [-0.05, 0) is 25.3 Å². The molecule has 8 nitrogen and oxygen atoms in total. The van der Waals surface area contributed by atoms with Gasteiger partial charge in [0.15, 0.2) is 9.84 Å². The molecule has 0 saturated carbocycles. The molecule has 0 unspecified atom stereocenters. The topological polar surface area (TPSA) is 96.8 Å². The normalized spacial score (nSPS) is 23.8. The zero-order valence-electron chi connectivity index (χ0n) is 14.4. The molecular weight excluding hydrogens is 366 g/mol. The van der Waals surface area contributed by atoms with Crippen molar-refractivity contribution in [3.8, 4) is 0 Å². The Bertz CT molecular complexity index is 882. The third-order valence-electron chi connectivity index (χ3n) is 4.98. The maximum Gasteiger partial charge on any atom is 0.270 e. The molecule has 0 radical (unpaired) electrons. The van der Waals surface area contributed by atoms with Crippen molar-refractivity contribution >= 4 is 25.8 Å². The second-order valence-corrected chi connectivity index (χ2v) is 10.9. The first-order valence-electron chi connectivity index (χ1n) is 8.26. The van der Waals surface area contributed by atoms with Crippen LogP contribution in [0.15, 0.2) is 17.2 Å². The van der Waals surface area contributed by atoms with E-state index in [4.69, 9.17) is 0 Å². The Kier molecular flexibility index (Phi) is 4.71. The Hall–Kier alpha value is -1.39. The second kappa shape index (κ2) is 6.40. The summed E-state index contributed by atoms with van der Waals surface area (Å²) < 4.78 is 51.5. The molecule has 1 aromatic rings. The molecule has 0 bridgehead atoms. The van der Waals surface area contributed by atoms with Crippen molar-refractivity contribution in [2.75, 3.05) is 31.6 Å². The monoisotopic (exact) mass is 389 g/mol. The molecule has 1 amide bonds. The van der Waals surface area contributed by atoms with E-state index in [0.717, 1.165) is 12.8 Å². The molecule has 2 saturated heterocycles. The van der Waals surface area contributed by atoms with Gasteiger partial charge in [-0.3, -0.25) is 4.79 Å². The highest BCUT2D eigenvalue weighted by molar-refractivity contribution is 7.91. The van der Waals surface area contributed by atoms with Crippen molar-refractivity contribution in [2.45, 2.75) is 30.2 Å². The number of hydrogen-bond donors (Lipinski definition) is 0. The van der Waals surface area contributed by atoms with Gasteiger partial charge in [0.05, 0.1) is 11.5 Å². The Morgan fingerprint density at radius 3 is 2.48 bits per heavy atom. The number of amides is 1. The standard InChI is InChI=1S/C15H23N3O5S2/c1-16-10-13(25(22,23)18-6-3-4-7-18)9-14(16)15(19)17(2)12-5-8-24(20,21)11-12/h9-10,12H,3-8,11H2,1-2H3/t12-/m0/s1. The third kappa shape index (κ3) is 3.47. The molecule has 10 heteroatoms. The zero-order chi connectivity index (χ0) is 18.4. The van der Waals surface area contributed by atoms with E-state index >= 15 is 0 Å². The molecule has 1 aromatic heterocycles. The first kappa shape index (κ1) is 18.4. The number of hydrogen-bond acceptors (Lipinski definition) is 5. The number of nitrogens with zero attached hydrogens (tertiary/aromatic N) is 3. The van der Waals surface area contributed by atoms with Gasteiger partial charge in [-0.2, -0.15) is 4.31 Å². The lowest BCUT2D eigenvalue weighted by molar-refractivity contribution is 0.0738. The van der Waals surface area contributed by atoms with Crippen LogP contribution in [0.25, 0.3) is 0 Å². The van der Waals surface area contributed by atoms with Crippen LogP contribution in [0.5, 0.6) is 0 Å². The fourth-order valence-electron chi connectivity index (χ4n) is 3.39. The average Bonchev–Trinajstić information content (AvgIpc) is 3.25. The number of carbonyl (C=O) groups is 1. The summed E-state index contributed by atoms with van der Waals surface area (Å²) in [5.74, 6) is -0.331. The highest BCUT2D eigenvalue weighted by atomic mass is 32.2. The molecule has 3 rings (SSSR count). The molecule has 0 N–H and O–H groups in total. The molecule has 0 aliphatic carbocycles. The lowest BCUT2D eigenvalue weighted by atomic mass is 10.2. The summed E-state index contributed by atoms with van der Waals surface area (Å²) in [5.41, 5.74) is 0.240. The molecule has 140 valence electrons. The summed E-state index contributed by atoms with van der Waals surface area (Å²) in [6.07, 6.45) is 3.54. The van der Waals surface area contributed by atoms with E-state index in [2.05, 4.69) is 0 Å².